The summed E-state index contributed by atoms with van der Waals surface area (Å²) in [6, 6.07) is 11.8. The molecule has 2 rings (SSSR count). The molecule has 0 radical (unpaired) electrons. The average Bonchev–Trinajstić information content (AvgIpc) is 2.36. The summed E-state index contributed by atoms with van der Waals surface area (Å²) in [7, 11) is 0. The molecule has 2 nitrogen and oxygen atoms in total. The second-order valence-electron chi connectivity index (χ2n) is 5.02. The first-order chi connectivity index (χ1) is 8.99. The van der Waals surface area contributed by atoms with E-state index in [2.05, 4.69) is 18.3 Å². The van der Waals surface area contributed by atoms with Crippen LogP contribution in [0, 0.1) is 27.7 Å². The number of amides is 1. The van der Waals surface area contributed by atoms with Gasteiger partial charge in [-0.2, -0.15) is 0 Å². The van der Waals surface area contributed by atoms with Crippen molar-refractivity contribution in [2.24, 2.45) is 0 Å². The zero-order valence-electron chi connectivity index (χ0n) is 11.9. The van der Waals surface area contributed by atoms with Gasteiger partial charge in [0.2, 0.25) is 0 Å². The second kappa shape index (κ2) is 5.27. The minimum atomic E-state index is -0.0464. The molecule has 2 aromatic carbocycles. The Kier molecular flexibility index (Phi) is 3.70. The van der Waals surface area contributed by atoms with Crippen LogP contribution in [0.2, 0.25) is 0 Å². The van der Waals surface area contributed by atoms with Crippen molar-refractivity contribution in [2.75, 3.05) is 5.32 Å². The third kappa shape index (κ3) is 2.84. The van der Waals surface area contributed by atoms with E-state index in [4.69, 9.17) is 0 Å². The third-order valence-corrected chi connectivity index (χ3v) is 3.48. The molecule has 0 heterocycles. The smallest absolute Gasteiger partial charge is 0.255 e. The fourth-order valence-corrected chi connectivity index (χ4v) is 2.11. The maximum absolute atomic E-state index is 12.3. The molecule has 0 unspecified atom stereocenters. The number of hydrogen-bond acceptors (Lipinski definition) is 1. The Hall–Kier alpha value is -2.09. The van der Waals surface area contributed by atoms with E-state index in [0.29, 0.717) is 0 Å². The summed E-state index contributed by atoms with van der Waals surface area (Å²) >= 11 is 0. The molecule has 0 aliphatic heterocycles. The van der Waals surface area contributed by atoms with E-state index in [9.17, 15) is 4.79 Å². The van der Waals surface area contributed by atoms with Gasteiger partial charge in [0.25, 0.3) is 5.91 Å². The first-order valence-electron chi connectivity index (χ1n) is 6.44. The second-order valence-corrected chi connectivity index (χ2v) is 5.02. The maximum atomic E-state index is 12.3. The van der Waals surface area contributed by atoms with Gasteiger partial charge in [0, 0.05) is 11.3 Å². The number of carbonyl (C=O) groups is 1. The molecule has 0 aliphatic carbocycles. The molecule has 0 atom stereocenters. The van der Waals surface area contributed by atoms with Gasteiger partial charge in [-0.15, -0.1) is 0 Å². The highest BCUT2D eigenvalue weighted by atomic mass is 16.1. The van der Waals surface area contributed by atoms with Crippen LogP contribution in [0.15, 0.2) is 36.4 Å². The lowest BCUT2D eigenvalue weighted by molar-refractivity contribution is 0.102. The van der Waals surface area contributed by atoms with Gasteiger partial charge in [0.1, 0.15) is 0 Å². The molecular weight excluding hydrogens is 234 g/mol. The zero-order chi connectivity index (χ0) is 14.0. The average molecular weight is 253 g/mol. The van der Waals surface area contributed by atoms with Crippen molar-refractivity contribution in [3.8, 4) is 0 Å². The fourth-order valence-electron chi connectivity index (χ4n) is 2.11. The van der Waals surface area contributed by atoms with Crippen LogP contribution in [0.5, 0.6) is 0 Å². The Morgan fingerprint density at radius 1 is 0.842 bits per heavy atom. The first kappa shape index (κ1) is 13.3. The van der Waals surface area contributed by atoms with Crippen LogP contribution in [0.25, 0.3) is 0 Å². The fraction of sp³-hybridized carbons (Fsp3) is 0.235. The van der Waals surface area contributed by atoms with Gasteiger partial charge in [-0.05, 0) is 62.1 Å². The Morgan fingerprint density at radius 2 is 1.47 bits per heavy atom. The SMILES string of the molecule is Cc1cc(C)c(C(=O)Nc2ccccc2C)cc1C. The van der Waals surface area contributed by atoms with Crippen molar-refractivity contribution in [3.63, 3.8) is 0 Å². The summed E-state index contributed by atoms with van der Waals surface area (Å²) in [5, 5.41) is 2.98. The molecule has 0 aromatic heterocycles. The minimum Gasteiger partial charge on any atom is -0.322 e. The summed E-state index contributed by atoms with van der Waals surface area (Å²) in [6.07, 6.45) is 0. The Bertz CT molecular complexity index is 629. The lowest BCUT2D eigenvalue weighted by Crippen LogP contribution is -2.14. The molecule has 2 heteroatoms. The van der Waals surface area contributed by atoms with Gasteiger partial charge in [-0.3, -0.25) is 4.79 Å². The zero-order valence-corrected chi connectivity index (χ0v) is 11.9. The lowest BCUT2D eigenvalue weighted by atomic mass is 10.0. The Morgan fingerprint density at radius 3 is 2.16 bits per heavy atom. The van der Waals surface area contributed by atoms with Gasteiger partial charge >= 0.3 is 0 Å². The predicted molar refractivity (Wildman–Crippen MR) is 79.8 cm³/mol. The highest BCUT2D eigenvalue weighted by molar-refractivity contribution is 6.05. The van der Waals surface area contributed by atoms with Crippen LogP contribution in [-0.4, -0.2) is 5.91 Å². The van der Waals surface area contributed by atoms with E-state index < -0.39 is 0 Å². The van der Waals surface area contributed by atoms with E-state index in [0.717, 1.165) is 27.9 Å². The topological polar surface area (TPSA) is 29.1 Å². The molecule has 19 heavy (non-hydrogen) atoms. The summed E-state index contributed by atoms with van der Waals surface area (Å²) in [5.41, 5.74) is 6.04. The number of aryl methyl sites for hydroxylation is 4. The minimum absolute atomic E-state index is 0.0464. The van der Waals surface area contributed by atoms with Crippen LogP contribution in [0.4, 0.5) is 5.69 Å². The molecule has 0 spiro atoms. The van der Waals surface area contributed by atoms with E-state index in [-0.39, 0.29) is 5.91 Å². The van der Waals surface area contributed by atoms with Crippen molar-refractivity contribution in [1.29, 1.82) is 0 Å². The molecule has 1 amide bonds. The highest BCUT2D eigenvalue weighted by Gasteiger charge is 2.11. The number of rotatable bonds is 2. The van der Waals surface area contributed by atoms with Crippen LogP contribution in [-0.2, 0) is 0 Å². The third-order valence-electron chi connectivity index (χ3n) is 3.48. The van der Waals surface area contributed by atoms with E-state index >= 15 is 0 Å². The molecule has 98 valence electrons. The number of anilines is 1. The molecule has 1 N–H and O–H groups in total. The van der Waals surface area contributed by atoms with Gasteiger partial charge in [-0.1, -0.05) is 24.3 Å². The van der Waals surface area contributed by atoms with Crippen molar-refractivity contribution in [2.45, 2.75) is 27.7 Å². The Labute approximate surface area is 114 Å². The van der Waals surface area contributed by atoms with Gasteiger partial charge in [0.15, 0.2) is 0 Å². The predicted octanol–water partition coefficient (Wildman–Crippen LogP) is 4.17. The van der Waals surface area contributed by atoms with E-state index in [1.54, 1.807) is 0 Å². The largest absolute Gasteiger partial charge is 0.322 e. The summed E-state index contributed by atoms with van der Waals surface area (Å²) < 4.78 is 0. The van der Waals surface area contributed by atoms with Gasteiger partial charge < -0.3 is 5.32 Å². The number of carbonyl (C=O) groups excluding carboxylic acids is 1. The van der Waals surface area contributed by atoms with Crippen molar-refractivity contribution in [3.05, 3.63) is 64.2 Å². The number of hydrogen-bond donors (Lipinski definition) is 1. The highest BCUT2D eigenvalue weighted by Crippen LogP contribution is 2.19. The van der Waals surface area contributed by atoms with Crippen LogP contribution in [0.3, 0.4) is 0 Å². The van der Waals surface area contributed by atoms with E-state index in [1.807, 2.05) is 51.1 Å². The van der Waals surface area contributed by atoms with Crippen molar-refractivity contribution in [1.82, 2.24) is 0 Å². The normalized spacial score (nSPS) is 10.3. The van der Waals surface area contributed by atoms with Crippen LogP contribution in [0.1, 0.15) is 32.6 Å². The number of nitrogens with one attached hydrogen (secondary N) is 1. The molecule has 0 saturated carbocycles. The lowest BCUT2D eigenvalue weighted by Gasteiger charge is -2.12. The summed E-state index contributed by atoms with van der Waals surface area (Å²) in [6.45, 7) is 8.05. The number of benzene rings is 2. The molecule has 0 aliphatic rings. The molecule has 2 aromatic rings. The van der Waals surface area contributed by atoms with Crippen molar-refractivity contribution >= 4 is 11.6 Å². The van der Waals surface area contributed by atoms with E-state index in [1.165, 1.54) is 5.56 Å². The molecular formula is C17H19NO. The standard InChI is InChI=1S/C17H19NO/c1-11-7-5-6-8-16(11)18-17(19)15-10-13(3)12(2)9-14(15)4/h5-10H,1-4H3,(H,18,19). The Balaban J connectivity index is 2.31. The van der Waals surface area contributed by atoms with Crippen LogP contribution < -0.4 is 5.32 Å². The van der Waals surface area contributed by atoms with Gasteiger partial charge in [-0.25, -0.2) is 0 Å². The van der Waals surface area contributed by atoms with Gasteiger partial charge in [0.05, 0.1) is 0 Å². The molecule has 0 bridgehead atoms. The summed E-state index contributed by atoms with van der Waals surface area (Å²) in [4.78, 5) is 12.3. The summed E-state index contributed by atoms with van der Waals surface area (Å²) in [5.74, 6) is -0.0464. The molecule has 0 saturated heterocycles. The molecule has 0 fully saturated rings. The quantitative estimate of drug-likeness (QED) is 0.855. The first-order valence-corrected chi connectivity index (χ1v) is 6.44. The monoisotopic (exact) mass is 253 g/mol. The maximum Gasteiger partial charge on any atom is 0.255 e. The van der Waals surface area contributed by atoms with Crippen LogP contribution >= 0.6 is 0 Å². The number of para-hydroxylation sites is 1. The van der Waals surface area contributed by atoms with Crippen molar-refractivity contribution < 1.29 is 4.79 Å².